The van der Waals surface area contributed by atoms with Crippen LogP contribution in [0.3, 0.4) is 0 Å². The molecular weight excluding hydrogens is 586 g/mol. The van der Waals surface area contributed by atoms with Gasteiger partial charge in [0, 0.05) is 53.2 Å². The molecule has 2 bridgehead atoms. The van der Waals surface area contributed by atoms with Crippen LogP contribution in [0, 0.1) is 32.1 Å². The van der Waals surface area contributed by atoms with E-state index in [1.54, 1.807) is 13.8 Å². The molecular formula is C32H38ClN5O6. The molecule has 6 atom stereocenters. The Morgan fingerprint density at radius 3 is 2.55 bits per heavy atom. The summed E-state index contributed by atoms with van der Waals surface area (Å²) in [6.45, 7) is 7.36. The Labute approximate surface area is 261 Å². The molecule has 2 aromatic rings. The number of nitrogens with zero attached hydrogens (tertiary/aromatic N) is 3. The van der Waals surface area contributed by atoms with Gasteiger partial charge < -0.3 is 30.3 Å². The summed E-state index contributed by atoms with van der Waals surface area (Å²) in [5.41, 5.74) is 5.62. The van der Waals surface area contributed by atoms with Gasteiger partial charge in [-0.15, -0.1) is 11.6 Å². The van der Waals surface area contributed by atoms with Crippen LogP contribution in [0.5, 0.6) is 23.0 Å². The molecule has 0 spiro atoms. The third-order valence-electron chi connectivity index (χ3n) is 10.0. The number of nitriles is 1. The number of benzene rings is 2. The number of phenols is 2. The minimum absolute atomic E-state index is 0.00620. The summed E-state index contributed by atoms with van der Waals surface area (Å²) in [6.07, 6.45) is 1.06. The van der Waals surface area contributed by atoms with Crippen molar-refractivity contribution < 1.29 is 29.3 Å². The van der Waals surface area contributed by atoms with E-state index in [-0.39, 0.29) is 61.2 Å². The smallest absolute Gasteiger partial charge is 0.242 e. The van der Waals surface area contributed by atoms with Crippen molar-refractivity contribution >= 4 is 23.4 Å². The maximum atomic E-state index is 13.2. The van der Waals surface area contributed by atoms with Crippen molar-refractivity contribution in [2.45, 2.75) is 83.2 Å². The molecule has 0 aliphatic carbocycles. The molecule has 4 N–H and O–H groups in total. The monoisotopic (exact) mass is 623 g/mol. The maximum Gasteiger partial charge on any atom is 0.242 e. The van der Waals surface area contributed by atoms with E-state index in [4.69, 9.17) is 21.1 Å². The Kier molecular flexibility index (Phi) is 7.80. The number of phenolic OH excluding ortho intramolecular Hbond substituents is 2. The molecule has 2 amide bonds. The van der Waals surface area contributed by atoms with Gasteiger partial charge >= 0.3 is 0 Å². The quantitative estimate of drug-likeness (QED) is 0.357. The van der Waals surface area contributed by atoms with Crippen LogP contribution in [0.1, 0.15) is 64.4 Å². The molecule has 1 saturated heterocycles. The Morgan fingerprint density at radius 1 is 1.11 bits per heavy atom. The average Bonchev–Trinajstić information content (AvgIpc) is 3.48. The number of nitrogens with one attached hydrogen (secondary N) is 2. The number of hydrogen-bond donors (Lipinski definition) is 4. The highest BCUT2D eigenvalue weighted by Crippen LogP contribution is 2.57. The third-order valence-corrected chi connectivity index (χ3v) is 10.2. The fourth-order valence-corrected chi connectivity index (χ4v) is 7.89. The molecule has 1 fully saturated rings. The van der Waals surface area contributed by atoms with E-state index >= 15 is 0 Å². The molecule has 1 unspecified atom stereocenters. The van der Waals surface area contributed by atoms with Crippen LogP contribution in [0.15, 0.2) is 6.07 Å². The molecule has 2 aromatic carbocycles. The van der Waals surface area contributed by atoms with Crippen molar-refractivity contribution in [3.63, 3.8) is 0 Å². The summed E-state index contributed by atoms with van der Waals surface area (Å²) in [6, 6.07) is 1.94. The van der Waals surface area contributed by atoms with Crippen molar-refractivity contribution in [3.8, 4) is 29.1 Å². The van der Waals surface area contributed by atoms with E-state index in [0.29, 0.717) is 41.0 Å². The zero-order valence-corrected chi connectivity index (χ0v) is 26.3. The minimum atomic E-state index is -0.810. The van der Waals surface area contributed by atoms with Gasteiger partial charge in [0.1, 0.15) is 23.6 Å². The second-order valence-corrected chi connectivity index (χ2v) is 12.7. The van der Waals surface area contributed by atoms with Gasteiger partial charge in [-0.3, -0.25) is 19.4 Å². The number of ether oxygens (including phenoxy) is 2. The molecule has 0 saturated carbocycles. The summed E-state index contributed by atoms with van der Waals surface area (Å²) in [5.74, 6) is 0.750. The van der Waals surface area contributed by atoms with Crippen LogP contribution < -0.4 is 20.1 Å². The average molecular weight is 624 g/mol. The number of aryl methyl sites for hydroxylation is 1. The summed E-state index contributed by atoms with van der Waals surface area (Å²) >= 11 is 5.69. The molecule has 11 nitrogen and oxygen atoms in total. The van der Waals surface area contributed by atoms with Crippen molar-refractivity contribution in [1.82, 2.24) is 20.4 Å². The number of alkyl halides is 1. The molecule has 4 aliphatic rings. The zero-order chi connectivity index (χ0) is 31.6. The first-order chi connectivity index (χ1) is 21.0. The van der Waals surface area contributed by atoms with Crippen LogP contribution in [-0.2, 0) is 22.4 Å². The zero-order valence-electron chi connectivity index (χ0n) is 25.5. The van der Waals surface area contributed by atoms with Gasteiger partial charge in [-0.2, -0.15) is 5.26 Å². The van der Waals surface area contributed by atoms with Crippen molar-refractivity contribution in [2.75, 3.05) is 26.3 Å². The lowest BCUT2D eigenvalue weighted by Crippen LogP contribution is -2.69. The molecule has 0 aromatic heterocycles. The molecule has 234 valence electrons. The number of hydrogen-bond acceptors (Lipinski definition) is 9. The van der Waals surface area contributed by atoms with Gasteiger partial charge in [0.2, 0.25) is 18.6 Å². The third kappa shape index (κ3) is 4.54. The number of carbonyl (C=O) groups excluding carboxylic acids is 2. The van der Waals surface area contributed by atoms with Crippen molar-refractivity contribution in [3.05, 3.63) is 45.0 Å². The predicted octanol–water partition coefficient (Wildman–Crippen LogP) is 2.77. The van der Waals surface area contributed by atoms with E-state index in [1.807, 2.05) is 20.9 Å². The number of fused-ring (bicyclic) bond motifs is 9. The summed E-state index contributed by atoms with van der Waals surface area (Å²) < 4.78 is 11.8. The van der Waals surface area contributed by atoms with E-state index in [1.165, 1.54) is 0 Å². The maximum absolute atomic E-state index is 13.2. The first-order valence-electron chi connectivity index (χ1n) is 15.0. The number of amides is 2. The predicted molar refractivity (Wildman–Crippen MR) is 162 cm³/mol. The lowest BCUT2D eigenvalue weighted by atomic mass is 9.71. The van der Waals surface area contributed by atoms with Crippen molar-refractivity contribution in [1.29, 1.82) is 5.26 Å². The van der Waals surface area contributed by atoms with Gasteiger partial charge in [0.05, 0.1) is 18.2 Å². The Morgan fingerprint density at radius 2 is 1.84 bits per heavy atom. The fourth-order valence-electron chi connectivity index (χ4n) is 7.72. The largest absolute Gasteiger partial charge is 0.507 e. The number of piperazine rings is 1. The number of carbonyl (C=O) groups is 2. The number of likely N-dealkylation sites (N-methyl/N-ethyl adjacent to an activating group) is 1. The first-order valence-corrected chi connectivity index (χ1v) is 15.5. The SMILES string of the molecule is Cc1cc2c(c(O)c1C)[C@@H]1C3Cc4c(O)c(C)c5c(c4[C@H](CNC(=O)[C@H](C)NC(=O)CCCl)N3[C@@H](C#N)[C@H](C2)N1C)OCO5. The molecule has 12 heteroatoms. The van der Waals surface area contributed by atoms with E-state index in [0.717, 1.165) is 22.3 Å². The second kappa shape index (κ2) is 11.3. The number of halogens is 1. The first kappa shape index (κ1) is 30.3. The summed E-state index contributed by atoms with van der Waals surface area (Å²) in [5, 5.41) is 39.4. The van der Waals surface area contributed by atoms with Gasteiger partial charge in [-0.25, -0.2) is 0 Å². The van der Waals surface area contributed by atoms with E-state index < -0.39 is 24.0 Å². The van der Waals surface area contributed by atoms with Gasteiger partial charge in [0.15, 0.2) is 11.5 Å². The molecule has 44 heavy (non-hydrogen) atoms. The van der Waals surface area contributed by atoms with Crippen LogP contribution in [0.25, 0.3) is 0 Å². The molecule has 4 heterocycles. The lowest BCUT2D eigenvalue weighted by molar-refractivity contribution is -0.129. The van der Waals surface area contributed by atoms with Crippen LogP contribution in [0.2, 0.25) is 0 Å². The highest BCUT2D eigenvalue weighted by molar-refractivity contribution is 6.19. The fraction of sp³-hybridized carbons (Fsp3) is 0.531. The van der Waals surface area contributed by atoms with Crippen molar-refractivity contribution in [2.24, 2.45) is 0 Å². The number of rotatable bonds is 6. The van der Waals surface area contributed by atoms with E-state index in [2.05, 4.69) is 32.6 Å². The van der Waals surface area contributed by atoms with Crippen LogP contribution >= 0.6 is 11.6 Å². The van der Waals surface area contributed by atoms with Crippen LogP contribution in [-0.4, -0.2) is 82.3 Å². The highest BCUT2D eigenvalue weighted by atomic mass is 35.5. The molecule has 0 radical (unpaired) electrons. The summed E-state index contributed by atoms with van der Waals surface area (Å²) in [7, 11) is 2.00. The Balaban J connectivity index is 1.47. The minimum Gasteiger partial charge on any atom is -0.507 e. The Bertz CT molecular complexity index is 1590. The topological polar surface area (TPSA) is 147 Å². The highest BCUT2D eigenvalue weighted by Gasteiger charge is 2.56. The lowest BCUT2D eigenvalue weighted by Gasteiger charge is -2.60. The van der Waals surface area contributed by atoms with Crippen LogP contribution in [0.4, 0.5) is 0 Å². The number of aromatic hydroxyl groups is 2. The van der Waals surface area contributed by atoms with Gasteiger partial charge in [-0.05, 0) is 64.3 Å². The van der Waals surface area contributed by atoms with Gasteiger partial charge in [-0.1, -0.05) is 6.07 Å². The normalized spacial score (nSPS) is 25.7. The standard InChI is InChI=1S/C32H38ClN5O6/c1-14-8-18-9-20-22(11-34)38-21(27(37(20)5)25(18)29(41)15(14)2)10-19-26(31-30(43-13-44-31)16(3)28(19)40)23(38)12-35-32(42)17(4)36-24(39)6-7-33/h8,17,20-23,27,40-41H,6-7,9-10,12-13H2,1-5H3,(H,35,42)(H,36,39)/t17-,20-,21?,22-,23-,27-/m0/s1. The molecule has 4 aliphatic heterocycles. The van der Waals surface area contributed by atoms with Gasteiger partial charge in [0.25, 0.3) is 0 Å². The second-order valence-electron chi connectivity index (χ2n) is 12.3. The summed E-state index contributed by atoms with van der Waals surface area (Å²) in [4.78, 5) is 29.7. The molecule has 6 rings (SSSR count). The van der Waals surface area contributed by atoms with E-state index in [9.17, 15) is 25.1 Å². The Hall–Kier alpha value is -3.72.